The molecule has 0 spiro atoms. The van der Waals surface area contributed by atoms with Crippen LogP contribution in [0, 0.1) is 6.92 Å². The zero-order valence-corrected chi connectivity index (χ0v) is 17.1. The maximum Gasteiger partial charge on any atom is 0.416 e. The molecular weight excluding hydrogens is 413 g/mol. The van der Waals surface area contributed by atoms with Gasteiger partial charge in [-0.15, -0.1) is 0 Å². The average Bonchev–Trinajstić information content (AvgIpc) is 2.73. The lowest BCUT2D eigenvalue weighted by Gasteiger charge is -2.34. The summed E-state index contributed by atoms with van der Waals surface area (Å²) in [5.41, 5.74) is 5.97. The van der Waals surface area contributed by atoms with Crippen molar-refractivity contribution >= 4 is 17.7 Å². The minimum atomic E-state index is -4.44. The van der Waals surface area contributed by atoms with Crippen molar-refractivity contribution in [1.29, 1.82) is 0 Å². The van der Waals surface area contributed by atoms with Crippen molar-refractivity contribution in [1.82, 2.24) is 20.3 Å². The highest BCUT2D eigenvalue weighted by Gasteiger charge is 2.33. The van der Waals surface area contributed by atoms with Gasteiger partial charge in [0.15, 0.2) is 0 Å². The van der Waals surface area contributed by atoms with Crippen LogP contribution in [0.2, 0.25) is 0 Å². The zero-order chi connectivity index (χ0) is 22.2. The third-order valence-corrected chi connectivity index (χ3v) is 5.42. The van der Waals surface area contributed by atoms with Crippen molar-refractivity contribution in [3.8, 4) is 0 Å². The first-order valence-electron chi connectivity index (χ1n) is 9.88. The van der Waals surface area contributed by atoms with E-state index in [0.717, 1.165) is 11.9 Å². The second-order valence-electron chi connectivity index (χ2n) is 7.44. The van der Waals surface area contributed by atoms with E-state index < -0.39 is 23.5 Å². The number of halogens is 3. The van der Waals surface area contributed by atoms with Crippen LogP contribution in [0.5, 0.6) is 0 Å². The lowest BCUT2D eigenvalue weighted by molar-refractivity contribution is -0.138. The number of aromatic nitrogens is 2. The minimum Gasteiger partial charge on any atom is -0.378 e. The molecule has 166 valence electrons. The molecule has 1 aromatic carbocycles. The Labute approximate surface area is 176 Å². The van der Waals surface area contributed by atoms with E-state index in [1.807, 2.05) is 6.08 Å². The molecule has 11 heteroatoms. The van der Waals surface area contributed by atoms with Gasteiger partial charge < -0.3 is 15.0 Å². The van der Waals surface area contributed by atoms with E-state index in [0.29, 0.717) is 43.2 Å². The Morgan fingerprint density at radius 1 is 1.23 bits per heavy atom. The molecule has 4 rings (SSSR count). The van der Waals surface area contributed by atoms with Crippen LogP contribution in [0.3, 0.4) is 0 Å². The van der Waals surface area contributed by atoms with E-state index in [-0.39, 0.29) is 11.4 Å². The molecule has 0 aliphatic carbocycles. The summed E-state index contributed by atoms with van der Waals surface area (Å²) in [6, 6.07) is 3.56. The summed E-state index contributed by atoms with van der Waals surface area (Å²) < 4.78 is 45.3. The molecule has 1 atom stereocenters. The van der Waals surface area contributed by atoms with Gasteiger partial charge in [-0.1, -0.05) is 12.1 Å². The molecule has 3 heterocycles. The number of rotatable bonds is 4. The third kappa shape index (κ3) is 4.31. The summed E-state index contributed by atoms with van der Waals surface area (Å²) >= 11 is 0. The summed E-state index contributed by atoms with van der Waals surface area (Å²) in [5.74, 6) is 1.49. The number of ether oxygens (including phenoxy) is 1. The smallest absolute Gasteiger partial charge is 0.378 e. The van der Waals surface area contributed by atoms with Crippen LogP contribution in [-0.2, 0) is 10.9 Å². The fourth-order valence-electron chi connectivity index (χ4n) is 3.82. The number of alkyl halides is 3. The van der Waals surface area contributed by atoms with Gasteiger partial charge in [0.05, 0.1) is 30.4 Å². The molecule has 2 aromatic rings. The fourth-order valence-corrected chi connectivity index (χ4v) is 3.82. The molecule has 0 saturated carbocycles. The molecule has 1 saturated heterocycles. The number of hydrogen-bond donors (Lipinski definition) is 4. The summed E-state index contributed by atoms with van der Waals surface area (Å²) in [6.07, 6.45) is -2.60. The average molecular weight is 436 g/mol. The Morgan fingerprint density at radius 3 is 2.68 bits per heavy atom. The number of nitrogens with zero attached hydrogens (tertiary/aromatic N) is 2. The van der Waals surface area contributed by atoms with Gasteiger partial charge in [0.1, 0.15) is 17.5 Å². The van der Waals surface area contributed by atoms with Gasteiger partial charge in [0.25, 0.3) is 0 Å². The number of nitrogens with one attached hydrogen (secondary N) is 4. The van der Waals surface area contributed by atoms with Crippen molar-refractivity contribution in [2.45, 2.75) is 26.1 Å². The highest BCUT2D eigenvalue weighted by Crippen LogP contribution is 2.35. The van der Waals surface area contributed by atoms with Crippen molar-refractivity contribution in [2.24, 2.45) is 0 Å². The monoisotopic (exact) mass is 436 g/mol. The molecule has 2 aliphatic rings. The number of anilines is 2. The van der Waals surface area contributed by atoms with Crippen molar-refractivity contribution in [3.63, 3.8) is 0 Å². The Kier molecular flexibility index (Phi) is 5.52. The van der Waals surface area contributed by atoms with Crippen LogP contribution < -0.4 is 21.9 Å². The maximum absolute atomic E-state index is 13.3. The molecule has 31 heavy (non-hydrogen) atoms. The first-order valence-corrected chi connectivity index (χ1v) is 9.88. The zero-order valence-electron chi connectivity index (χ0n) is 17.1. The molecule has 0 bridgehead atoms. The first-order chi connectivity index (χ1) is 14.7. The number of hydrazine groups is 1. The molecular formula is C20H23F3N6O2. The van der Waals surface area contributed by atoms with E-state index in [4.69, 9.17) is 4.74 Å². The summed E-state index contributed by atoms with van der Waals surface area (Å²) in [5, 5.41) is 3.12. The lowest BCUT2D eigenvalue weighted by atomic mass is 9.97. The molecule has 1 fully saturated rings. The highest BCUT2D eigenvalue weighted by atomic mass is 19.4. The Hall–Kier alpha value is -3.21. The second kappa shape index (κ2) is 8.14. The Balaban J connectivity index is 1.67. The highest BCUT2D eigenvalue weighted by molar-refractivity contribution is 5.76. The summed E-state index contributed by atoms with van der Waals surface area (Å²) in [6.45, 7) is 5.79. The van der Waals surface area contributed by atoms with Crippen LogP contribution in [0.15, 0.2) is 28.8 Å². The van der Waals surface area contributed by atoms with Gasteiger partial charge in [0.2, 0.25) is 0 Å². The predicted octanol–water partition coefficient (Wildman–Crippen LogP) is 2.83. The van der Waals surface area contributed by atoms with E-state index in [2.05, 4.69) is 31.0 Å². The van der Waals surface area contributed by atoms with E-state index in [1.165, 1.54) is 13.0 Å². The molecule has 0 amide bonds. The fraction of sp³-hybridized carbons (Fsp3) is 0.400. The van der Waals surface area contributed by atoms with E-state index in [9.17, 15) is 18.0 Å². The number of fused-ring (bicyclic) bond motifs is 1. The number of morpholine rings is 1. The van der Waals surface area contributed by atoms with Gasteiger partial charge in [0, 0.05) is 13.1 Å². The van der Waals surface area contributed by atoms with Gasteiger partial charge in [-0.25, -0.2) is 4.79 Å². The molecule has 0 radical (unpaired) electrons. The predicted molar refractivity (Wildman–Crippen MR) is 110 cm³/mol. The van der Waals surface area contributed by atoms with E-state index in [1.54, 1.807) is 13.0 Å². The molecule has 0 unspecified atom stereocenters. The van der Waals surface area contributed by atoms with Gasteiger partial charge in [-0.3, -0.25) is 15.8 Å². The second-order valence-corrected chi connectivity index (χ2v) is 7.44. The van der Waals surface area contributed by atoms with Gasteiger partial charge in [-0.05, 0) is 37.1 Å². The SMILES string of the molecule is Cc1c([C@@H](C)Nc2nc(=O)[nH]c3c2C=C(N2CCOCC2)NN3)cccc1C(F)(F)F. The van der Waals surface area contributed by atoms with Crippen molar-refractivity contribution in [3.05, 3.63) is 56.8 Å². The Morgan fingerprint density at radius 2 is 1.97 bits per heavy atom. The Bertz CT molecular complexity index is 1060. The van der Waals surface area contributed by atoms with Crippen LogP contribution in [-0.4, -0.2) is 41.2 Å². The van der Waals surface area contributed by atoms with E-state index >= 15 is 0 Å². The van der Waals surface area contributed by atoms with Gasteiger partial charge in [-0.2, -0.15) is 18.2 Å². The number of aromatic amines is 1. The number of benzene rings is 1. The maximum atomic E-state index is 13.3. The summed E-state index contributed by atoms with van der Waals surface area (Å²) in [4.78, 5) is 20.8. The molecule has 4 N–H and O–H groups in total. The minimum absolute atomic E-state index is 0.137. The quantitative estimate of drug-likeness (QED) is 0.586. The normalized spacial score (nSPS) is 17.2. The van der Waals surface area contributed by atoms with Gasteiger partial charge >= 0.3 is 11.9 Å². The van der Waals surface area contributed by atoms with Crippen LogP contribution >= 0.6 is 0 Å². The van der Waals surface area contributed by atoms with Crippen molar-refractivity contribution < 1.29 is 17.9 Å². The standard InChI is InChI=1S/C20H23F3N6O2/c1-11-13(4-3-5-15(11)20(21,22)23)12(2)24-17-14-10-16(29-6-8-31-9-7-29)27-28-18(14)26-19(30)25-17/h3-5,10,12,27H,6-9H2,1-2H3,(H3,24,25,26,28,30)/t12-/m1/s1. The lowest BCUT2D eigenvalue weighted by Crippen LogP contribution is -2.43. The number of H-pyrrole nitrogens is 1. The van der Waals surface area contributed by atoms with Crippen LogP contribution in [0.25, 0.3) is 6.08 Å². The third-order valence-electron chi connectivity index (χ3n) is 5.42. The largest absolute Gasteiger partial charge is 0.416 e. The molecule has 1 aromatic heterocycles. The summed E-state index contributed by atoms with van der Waals surface area (Å²) in [7, 11) is 0. The molecule has 2 aliphatic heterocycles. The molecule has 8 nitrogen and oxygen atoms in total. The topological polar surface area (TPSA) is 94.3 Å². The van der Waals surface area contributed by atoms with Crippen LogP contribution in [0.1, 0.15) is 35.2 Å². The number of hydrogen-bond acceptors (Lipinski definition) is 7. The van der Waals surface area contributed by atoms with Crippen molar-refractivity contribution in [2.75, 3.05) is 37.0 Å². The first kappa shape index (κ1) is 21.0. The van der Waals surface area contributed by atoms with Crippen LogP contribution in [0.4, 0.5) is 24.8 Å².